The molecule has 27 heavy (non-hydrogen) atoms. The normalized spacial score (nSPS) is 10.7. The van der Waals surface area contributed by atoms with Gasteiger partial charge in [-0.2, -0.15) is 0 Å². The summed E-state index contributed by atoms with van der Waals surface area (Å²) in [5, 5.41) is 0. The van der Waals surface area contributed by atoms with Crippen molar-refractivity contribution >= 4 is 11.8 Å². The van der Waals surface area contributed by atoms with E-state index in [1.165, 1.54) is 0 Å². The van der Waals surface area contributed by atoms with Crippen molar-refractivity contribution in [2.75, 3.05) is 20.2 Å². The fourth-order valence-corrected chi connectivity index (χ4v) is 3.56. The Morgan fingerprint density at radius 2 is 1.48 bits per heavy atom. The van der Waals surface area contributed by atoms with Crippen LogP contribution in [0.15, 0.2) is 24.3 Å². The van der Waals surface area contributed by atoms with Crippen LogP contribution in [0.25, 0.3) is 5.69 Å². The molecule has 2 aromatic rings. The summed E-state index contributed by atoms with van der Waals surface area (Å²) in [5.41, 5.74) is 9.11. The summed E-state index contributed by atoms with van der Waals surface area (Å²) in [4.78, 5) is 27.5. The zero-order valence-electron chi connectivity index (χ0n) is 16.8. The number of amides is 2. The number of methoxy groups -OCH3 is 1. The van der Waals surface area contributed by atoms with Gasteiger partial charge in [-0.15, -0.1) is 0 Å². The second-order valence-electron chi connectivity index (χ2n) is 6.24. The van der Waals surface area contributed by atoms with E-state index in [9.17, 15) is 9.59 Å². The van der Waals surface area contributed by atoms with Gasteiger partial charge in [0.25, 0.3) is 11.8 Å². The molecule has 0 saturated carbocycles. The van der Waals surface area contributed by atoms with E-state index in [4.69, 9.17) is 10.5 Å². The van der Waals surface area contributed by atoms with E-state index >= 15 is 0 Å². The maximum atomic E-state index is 13.3. The van der Waals surface area contributed by atoms with E-state index in [2.05, 4.69) is 0 Å². The highest BCUT2D eigenvalue weighted by Gasteiger charge is 2.30. The maximum absolute atomic E-state index is 13.3. The monoisotopic (exact) mass is 371 g/mol. The molecule has 0 bridgehead atoms. The summed E-state index contributed by atoms with van der Waals surface area (Å²) in [6.45, 7) is 9.06. The summed E-state index contributed by atoms with van der Waals surface area (Å²) in [7, 11) is 1.60. The predicted octanol–water partition coefficient (Wildman–Crippen LogP) is 3.19. The lowest BCUT2D eigenvalue weighted by Crippen LogP contribution is -2.33. The molecule has 0 aliphatic carbocycles. The second-order valence-corrected chi connectivity index (χ2v) is 6.24. The van der Waals surface area contributed by atoms with E-state index in [1.807, 2.05) is 52.0 Å². The van der Waals surface area contributed by atoms with Crippen molar-refractivity contribution < 1.29 is 14.3 Å². The molecule has 1 aromatic carbocycles. The number of nitrogens with two attached hydrogens (primary N) is 1. The van der Waals surface area contributed by atoms with Crippen molar-refractivity contribution in [3.63, 3.8) is 0 Å². The van der Waals surface area contributed by atoms with Crippen molar-refractivity contribution in [3.8, 4) is 11.4 Å². The predicted molar refractivity (Wildman–Crippen MR) is 107 cm³/mol. The van der Waals surface area contributed by atoms with E-state index in [-0.39, 0.29) is 5.91 Å². The quantitative estimate of drug-likeness (QED) is 0.774. The molecule has 2 rings (SSSR count). The Morgan fingerprint density at radius 3 is 1.89 bits per heavy atom. The topological polar surface area (TPSA) is 77.6 Å². The van der Waals surface area contributed by atoms with Crippen molar-refractivity contribution in [1.29, 1.82) is 0 Å². The Labute approximate surface area is 160 Å². The number of ether oxygens (including phenoxy) is 1. The van der Waals surface area contributed by atoms with Crippen molar-refractivity contribution in [2.24, 2.45) is 5.73 Å². The highest BCUT2D eigenvalue weighted by Crippen LogP contribution is 2.30. The van der Waals surface area contributed by atoms with Crippen LogP contribution in [0.4, 0.5) is 0 Å². The number of rotatable bonds is 8. The van der Waals surface area contributed by atoms with Gasteiger partial charge in [0.2, 0.25) is 0 Å². The number of primary amides is 1. The molecule has 6 nitrogen and oxygen atoms in total. The Kier molecular flexibility index (Phi) is 6.66. The Hall–Kier alpha value is -2.76. The van der Waals surface area contributed by atoms with Gasteiger partial charge in [0.15, 0.2) is 0 Å². The molecule has 1 heterocycles. The smallest absolute Gasteiger partial charge is 0.271 e. The number of aromatic nitrogens is 1. The number of hydrogen-bond donors (Lipinski definition) is 1. The van der Waals surface area contributed by atoms with Crippen LogP contribution in [-0.4, -0.2) is 41.5 Å². The molecule has 1 aromatic heterocycles. The molecular formula is C21H29N3O3. The number of hydrogen-bond acceptors (Lipinski definition) is 3. The van der Waals surface area contributed by atoms with Gasteiger partial charge in [-0.25, -0.2) is 0 Å². The first-order valence-electron chi connectivity index (χ1n) is 9.44. The van der Waals surface area contributed by atoms with Gasteiger partial charge in [-0.3, -0.25) is 9.59 Å². The average molecular weight is 371 g/mol. The minimum absolute atomic E-state index is 0.0881. The van der Waals surface area contributed by atoms with Gasteiger partial charge < -0.3 is 19.9 Å². The molecule has 0 radical (unpaired) electrons. The lowest BCUT2D eigenvalue weighted by molar-refractivity contribution is 0.0764. The fraction of sp³-hybridized carbons (Fsp3) is 0.429. The number of carbonyl (C=O) groups excluding carboxylic acids is 2. The second kappa shape index (κ2) is 8.75. The van der Waals surface area contributed by atoms with Crippen LogP contribution in [0.1, 0.15) is 59.8 Å². The lowest BCUT2D eigenvalue weighted by atomic mass is 10.0. The summed E-state index contributed by atoms with van der Waals surface area (Å²) in [6.07, 6.45) is 1.28. The lowest BCUT2D eigenvalue weighted by Gasteiger charge is -2.21. The highest BCUT2D eigenvalue weighted by atomic mass is 16.5. The van der Waals surface area contributed by atoms with E-state index < -0.39 is 5.91 Å². The van der Waals surface area contributed by atoms with Crippen LogP contribution < -0.4 is 10.5 Å². The molecule has 0 atom stereocenters. The molecule has 0 spiro atoms. The zero-order valence-corrected chi connectivity index (χ0v) is 16.8. The van der Waals surface area contributed by atoms with Crippen LogP contribution >= 0.6 is 0 Å². The van der Waals surface area contributed by atoms with Gasteiger partial charge >= 0.3 is 0 Å². The first-order chi connectivity index (χ1) is 12.9. The average Bonchev–Trinajstić information content (AvgIpc) is 3.03. The molecule has 146 valence electrons. The van der Waals surface area contributed by atoms with E-state index in [0.29, 0.717) is 43.1 Å². The molecular weight excluding hydrogens is 342 g/mol. The third-order valence-corrected chi connectivity index (χ3v) is 4.91. The standard InChI is InChI=1S/C21H29N3O3/c1-6-16-17(7-2)19(21(26)23(8-3)9-4)24(18(16)20(22)25)14-10-12-15(27-5)13-11-14/h10-13H,6-9H2,1-5H3,(H2,22,25). The first kappa shape index (κ1) is 20.6. The molecule has 0 unspecified atom stereocenters. The van der Waals surface area contributed by atoms with Crippen LogP contribution in [-0.2, 0) is 12.8 Å². The molecule has 2 N–H and O–H groups in total. The van der Waals surface area contributed by atoms with Crippen molar-refractivity contribution in [2.45, 2.75) is 40.5 Å². The molecule has 0 saturated heterocycles. The van der Waals surface area contributed by atoms with Crippen molar-refractivity contribution in [3.05, 3.63) is 46.8 Å². The van der Waals surface area contributed by atoms with Gasteiger partial charge in [0.1, 0.15) is 17.1 Å². The summed E-state index contributed by atoms with van der Waals surface area (Å²) in [5.74, 6) is 0.0837. The Morgan fingerprint density at radius 1 is 0.963 bits per heavy atom. The largest absolute Gasteiger partial charge is 0.497 e. The Bertz CT molecular complexity index is 818. The SMILES string of the molecule is CCc1c(CC)c(C(=O)N(CC)CC)n(-c2ccc(OC)cc2)c1C(N)=O. The summed E-state index contributed by atoms with van der Waals surface area (Å²) in [6, 6.07) is 7.29. The maximum Gasteiger partial charge on any atom is 0.271 e. The summed E-state index contributed by atoms with van der Waals surface area (Å²) >= 11 is 0. The molecule has 0 aliphatic rings. The van der Waals surface area contributed by atoms with Gasteiger partial charge in [0.05, 0.1) is 7.11 Å². The van der Waals surface area contributed by atoms with Crippen LogP contribution in [0.2, 0.25) is 0 Å². The van der Waals surface area contributed by atoms with Crippen molar-refractivity contribution in [1.82, 2.24) is 9.47 Å². The number of nitrogens with zero attached hydrogens (tertiary/aromatic N) is 2. The number of benzene rings is 1. The molecule has 0 fully saturated rings. The molecule has 2 amide bonds. The minimum Gasteiger partial charge on any atom is -0.497 e. The first-order valence-corrected chi connectivity index (χ1v) is 9.44. The van der Waals surface area contributed by atoms with Gasteiger partial charge in [-0.05, 0) is 62.1 Å². The van der Waals surface area contributed by atoms with Gasteiger partial charge in [0, 0.05) is 18.8 Å². The zero-order chi connectivity index (χ0) is 20.1. The van der Waals surface area contributed by atoms with Crippen LogP contribution in [0.5, 0.6) is 5.75 Å². The van der Waals surface area contributed by atoms with Crippen LogP contribution in [0, 0.1) is 0 Å². The number of carbonyl (C=O) groups is 2. The molecule has 6 heteroatoms. The third-order valence-electron chi connectivity index (χ3n) is 4.91. The third kappa shape index (κ3) is 3.70. The van der Waals surface area contributed by atoms with Crippen LogP contribution in [0.3, 0.4) is 0 Å². The van der Waals surface area contributed by atoms with E-state index in [0.717, 1.165) is 16.8 Å². The van der Waals surface area contributed by atoms with Gasteiger partial charge in [-0.1, -0.05) is 13.8 Å². The molecule has 0 aliphatic heterocycles. The fourth-order valence-electron chi connectivity index (χ4n) is 3.56. The van der Waals surface area contributed by atoms with E-state index in [1.54, 1.807) is 16.6 Å². The summed E-state index contributed by atoms with van der Waals surface area (Å²) < 4.78 is 6.95. The minimum atomic E-state index is -0.532. The highest BCUT2D eigenvalue weighted by molar-refractivity contribution is 6.01. The Balaban J connectivity index is 2.86.